The summed E-state index contributed by atoms with van der Waals surface area (Å²) in [5, 5.41) is 21.0. The van der Waals surface area contributed by atoms with Gasteiger partial charge in [0.2, 0.25) is 0 Å². The largest absolute Gasteiger partial charge is 0.507 e. The third-order valence-electron chi connectivity index (χ3n) is 6.84. The van der Waals surface area contributed by atoms with Crippen LogP contribution >= 0.6 is 0 Å². The zero-order chi connectivity index (χ0) is 24.2. The molecule has 0 bridgehead atoms. The van der Waals surface area contributed by atoms with E-state index in [1.807, 2.05) is 88.4 Å². The van der Waals surface area contributed by atoms with Crippen LogP contribution in [0.5, 0.6) is 11.5 Å². The van der Waals surface area contributed by atoms with Crippen molar-refractivity contribution in [2.75, 3.05) is 4.90 Å². The summed E-state index contributed by atoms with van der Waals surface area (Å²) >= 11 is 0. The Hall–Kier alpha value is -4.12. The van der Waals surface area contributed by atoms with E-state index in [0.29, 0.717) is 22.3 Å². The SMILES string of the molecule is Cc1cc(C2(c3cc(C)c(O)c(C)c3)C(=O)N(c3ccncc3)c3ccccc32)cc(C)c1O. The van der Waals surface area contributed by atoms with Crippen LogP contribution < -0.4 is 4.90 Å². The Labute approximate surface area is 199 Å². The first-order valence-electron chi connectivity index (χ1n) is 11.2. The molecule has 34 heavy (non-hydrogen) atoms. The van der Waals surface area contributed by atoms with Gasteiger partial charge in [0.1, 0.15) is 16.9 Å². The number of amides is 1. The van der Waals surface area contributed by atoms with Gasteiger partial charge in [0.05, 0.1) is 11.4 Å². The topological polar surface area (TPSA) is 73.7 Å². The van der Waals surface area contributed by atoms with Crippen LogP contribution in [0.4, 0.5) is 11.4 Å². The molecule has 0 radical (unpaired) electrons. The van der Waals surface area contributed by atoms with Crippen LogP contribution in [-0.2, 0) is 10.2 Å². The molecule has 1 amide bonds. The number of anilines is 2. The molecule has 0 unspecified atom stereocenters. The molecule has 0 fully saturated rings. The lowest BCUT2D eigenvalue weighted by Gasteiger charge is -2.32. The molecule has 0 saturated heterocycles. The van der Waals surface area contributed by atoms with Crippen LogP contribution in [-0.4, -0.2) is 21.1 Å². The van der Waals surface area contributed by atoms with Gasteiger partial charge in [-0.25, -0.2) is 0 Å². The molecule has 3 aromatic carbocycles. The summed E-state index contributed by atoms with van der Waals surface area (Å²) in [6.07, 6.45) is 3.35. The summed E-state index contributed by atoms with van der Waals surface area (Å²) in [7, 11) is 0. The fraction of sp³-hybridized carbons (Fsp3) is 0.172. The van der Waals surface area contributed by atoms with Crippen molar-refractivity contribution in [1.82, 2.24) is 4.98 Å². The fourth-order valence-electron chi connectivity index (χ4n) is 5.20. The molecule has 1 aromatic heterocycles. The highest BCUT2D eigenvalue weighted by atomic mass is 16.3. The van der Waals surface area contributed by atoms with Crippen LogP contribution in [0.1, 0.15) is 38.9 Å². The lowest BCUT2D eigenvalue weighted by molar-refractivity contribution is -0.120. The number of nitrogens with zero attached hydrogens (tertiary/aromatic N) is 2. The van der Waals surface area contributed by atoms with Crippen molar-refractivity contribution < 1.29 is 15.0 Å². The summed E-state index contributed by atoms with van der Waals surface area (Å²) in [5.74, 6) is 0.331. The smallest absolute Gasteiger partial charge is 0.251 e. The molecule has 5 nitrogen and oxygen atoms in total. The number of aromatic nitrogens is 1. The fourth-order valence-corrected chi connectivity index (χ4v) is 5.20. The summed E-state index contributed by atoms with van der Waals surface area (Å²) in [6.45, 7) is 7.38. The maximum Gasteiger partial charge on any atom is 0.251 e. The molecule has 0 spiro atoms. The number of phenols is 2. The number of aromatic hydroxyl groups is 2. The predicted octanol–water partition coefficient (Wildman–Crippen LogP) is 5.74. The lowest BCUT2D eigenvalue weighted by Crippen LogP contribution is -2.40. The number of para-hydroxylation sites is 1. The number of pyridine rings is 1. The highest BCUT2D eigenvalue weighted by Gasteiger charge is 2.54. The molecule has 170 valence electrons. The van der Waals surface area contributed by atoms with E-state index in [1.54, 1.807) is 17.3 Å². The van der Waals surface area contributed by atoms with Gasteiger partial charge in [-0.05, 0) is 79.3 Å². The quantitative estimate of drug-likeness (QED) is 0.417. The Morgan fingerprint density at radius 2 is 1.21 bits per heavy atom. The average molecular weight is 451 g/mol. The average Bonchev–Trinajstić information content (AvgIpc) is 3.09. The highest BCUT2D eigenvalue weighted by Crippen LogP contribution is 2.53. The maximum atomic E-state index is 14.7. The second-order valence-electron chi connectivity index (χ2n) is 9.03. The maximum absolute atomic E-state index is 14.7. The van der Waals surface area contributed by atoms with E-state index in [0.717, 1.165) is 28.1 Å². The third-order valence-corrected chi connectivity index (χ3v) is 6.84. The van der Waals surface area contributed by atoms with Crippen molar-refractivity contribution in [2.45, 2.75) is 33.1 Å². The lowest BCUT2D eigenvalue weighted by atomic mass is 9.69. The van der Waals surface area contributed by atoms with Crippen LogP contribution in [0.25, 0.3) is 0 Å². The van der Waals surface area contributed by atoms with Gasteiger partial charge < -0.3 is 10.2 Å². The number of rotatable bonds is 3. The summed E-state index contributed by atoms with van der Waals surface area (Å²) in [6, 6.07) is 19.0. The van der Waals surface area contributed by atoms with E-state index in [2.05, 4.69) is 4.98 Å². The van der Waals surface area contributed by atoms with Gasteiger partial charge in [-0.2, -0.15) is 0 Å². The minimum absolute atomic E-state index is 0.117. The molecule has 0 saturated carbocycles. The number of fused-ring (bicyclic) bond motifs is 1. The summed E-state index contributed by atoms with van der Waals surface area (Å²) in [4.78, 5) is 20.5. The molecule has 0 aliphatic carbocycles. The predicted molar refractivity (Wildman–Crippen MR) is 133 cm³/mol. The van der Waals surface area contributed by atoms with Gasteiger partial charge in [0.25, 0.3) is 5.91 Å². The minimum Gasteiger partial charge on any atom is -0.507 e. The molecule has 1 aliphatic rings. The van der Waals surface area contributed by atoms with Crippen molar-refractivity contribution in [2.24, 2.45) is 0 Å². The second kappa shape index (κ2) is 7.73. The molecular weight excluding hydrogens is 424 g/mol. The number of carbonyl (C=O) groups excluding carboxylic acids is 1. The van der Waals surface area contributed by atoms with Gasteiger partial charge >= 0.3 is 0 Å². The van der Waals surface area contributed by atoms with Crippen LogP contribution in [0.15, 0.2) is 73.1 Å². The zero-order valence-electron chi connectivity index (χ0n) is 19.6. The van der Waals surface area contributed by atoms with Crippen LogP contribution in [0.2, 0.25) is 0 Å². The van der Waals surface area contributed by atoms with Crippen molar-refractivity contribution >= 4 is 17.3 Å². The Morgan fingerprint density at radius 1 is 0.735 bits per heavy atom. The van der Waals surface area contributed by atoms with E-state index < -0.39 is 5.41 Å². The van der Waals surface area contributed by atoms with Gasteiger partial charge in [-0.15, -0.1) is 0 Å². The Bertz CT molecular complexity index is 1340. The van der Waals surface area contributed by atoms with E-state index in [4.69, 9.17) is 0 Å². The van der Waals surface area contributed by atoms with E-state index >= 15 is 0 Å². The van der Waals surface area contributed by atoms with E-state index in [1.165, 1.54) is 0 Å². The van der Waals surface area contributed by atoms with Gasteiger partial charge in [0, 0.05) is 18.0 Å². The standard InChI is InChI=1S/C29H26N2O3/c1-17-13-21(14-18(2)26(17)32)29(22-15-19(3)27(33)20(4)16-22)24-7-5-6-8-25(24)31(28(29)34)23-9-11-30-12-10-23/h5-16,32-33H,1-4H3. The van der Waals surface area contributed by atoms with Crippen molar-refractivity contribution in [1.29, 1.82) is 0 Å². The minimum atomic E-state index is -1.16. The molecular formula is C29H26N2O3. The third kappa shape index (κ3) is 2.93. The molecule has 0 atom stereocenters. The number of benzene rings is 3. The van der Waals surface area contributed by atoms with Crippen LogP contribution in [0, 0.1) is 27.7 Å². The van der Waals surface area contributed by atoms with Crippen molar-refractivity contribution in [3.63, 3.8) is 0 Å². The summed E-state index contributed by atoms with van der Waals surface area (Å²) in [5.41, 5.74) is 5.58. The molecule has 5 rings (SSSR count). The van der Waals surface area contributed by atoms with E-state index in [9.17, 15) is 15.0 Å². The van der Waals surface area contributed by atoms with Crippen molar-refractivity contribution in [3.8, 4) is 11.5 Å². The molecule has 2 heterocycles. The van der Waals surface area contributed by atoms with Crippen molar-refractivity contribution in [3.05, 3.63) is 112 Å². The number of hydrogen-bond acceptors (Lipinski definition) is 4. The van der Waals surface area contributed by atoms with Crippen LogP contribution in [0.3, 0.4) is 0 Å². The number of aryl methyl sites for hydroxylation is 4. The Kier molecular flexibility index (Phi) is 4.94. The van der Waals surface area contributed by atoms with Gasteiger partial charge in [-0.1, -0.05) is 42.5 Å². The second-order valence-corrected chi connectivity index (χ2v) is 9.03. The Balaban J connectivity index is 1.93. The summed E-state index contributed by atoms with van der Waals surface area (Å²) < 4.78 is 0. The molecule has 1 aliphatic heterocycles. The molecule has 5 heteroatoms. The van der Waals surface area contributed by atoms with E-state index in [-0.39, 0.29) is 17.4 Å². The number of carbonyl (C=O) groups is 1. The number of hydrogen-bond donors (Lipinski definition) is 2. The first-order valence-corrected chi connectivity index (χ1v) is 11.2. The van der Waals surface area contributed by atoms with Gasteiger partial charge in [0.15, 0.2) is 0 Å². The molecule has 4 aromatic rings. The Morgan fingerprint density at radius 3 is 1.71 bits per heavy atom. The zero-order valence-corrected chi connectivity index (χ0v) is 19.6. The first-order chi connectivity index (χ1) is 16.3. The monoisotopic (exact) mass is 450 g/mol. The number of phenolic OH excluding ortho intramolecular Hbond substituents is 2. The normalized spacial score (nSPS) is 14.4. The first kappa shape index (κ1) is 21.7. The highest BCUT2D eigenvalue weighted by molar-refractivity contribution is 6.17. The van der Waals surface area contributed by atoms with Gasteiger partial charge in [-0.3, -0.25) is 14.7 Å². The molecule has 2 N–H and O–H groups in total.